The van der Waals surface area contributed by atoms with Gasteiger partial charge in [-0.25, -0.2) is 0 Å². The molecule has 108 valence electrons. The molecule has 4 unspecified atom stereocenters. The van der Waals surface area contributed by atoms with Crippen LogP contribution in [-0.4, -0.2) is 54.2 Å². The first-order valence-corrected chi connectivity index (χ1v) is 5.62. The fourth-order valence-corrected chi connectivity index (χ4v) is 1.65. The maximum absolute atomic E-state index is 11.0. The van der Waals surface area contributed by atoms with Crippen molar-refractivity contribution in [3.63, 3.8) is 0 Å². The summed E-state index contributed by atoms with van der Waals surface area (Å²) in [6.45, 7) is 3.29. The zero-order chi connectivity index (χ0) is 14.6. The number of aliphatic hydroxyl groups is 1. The Hall–Kier alpha value is -1.67. The van der Waals surface area contributed by atoms with E-state index in [1.807, 2.05) is 0 Å². The Morgan fingerprint density at radius 1 is 1.00 bits per heavy atom. The van der Waals surface area contributed by atoms with Crippen LogP contribution < -0.4 is 0 Å². The molecule has 0 saturated carbocycles. The molecule has 1 N–H and O–H groups in total. The SMILES string of the molecule is CC(=O)OC1COC(OC(C)=O)C(OC(C)=O)C1O. The van der Waals surface area contributed by atoms with E-state index in [4.69, 9.17) is 18.9 Å². The Kier molecular flexibility index (Phi) is 5.25. The first-order valence-electron chi connectivity index (χ1n) is 5.62. The molecule has 1 rings (SSSR count). The average Bonchev–Trinajstić information content (AvgIpc) is 2.26. The van der Waals surface area contributed by atoms with Crippen LogP contribution in [0.4, 0.5) is 0 Å². The van der Waals surface area contributed by atoms with Crippen LogP contribution in [-0.2, 0) is 33.3 Å². The lowest BCUT2D eigenvalue weighted by Crippen LogP contribution is -2.56. The summed E-state index contributed by atoms with van der Waals surface area (Å²) < 4.78 is 19.6. The first kappa shape index (κ1) is 15.4. The summed E-state index contributed by atoms with van der Waals surface area (Å²) in [5, 5.41) is 9.98. The van der Waals surface area contributed by atoms with E-state index in [2.05, 4.69) is 0 Å². The topological polar surface area (TPSA) is 108 Å². The van der Waals surface area contributed by atoms with Crippen molar-refractivity contribution >= 4 is 17.9 Å². The van der Waals surface area contributed by atoms with Gasteiger partial charge in [0.15, 0.2) is 12.2 Å². The molecule has 0 aliphatic carbocycles. The van der Waals surface area contributed by atoms with Gasteiger partial charge >= 0.3 is 17.9 Å². The number of rotatable bonds is 3. The predicted octanol–water partition coefficient (Wildman–Crippen LogP) is -0.870. The Labute approximate surface area is 109 Å². The summed E-state index contributed by atoms with van der Waals surface area (Å²) in [4.78, 5) is 32.7. The molecule has 1 aliphatic rings. The van der Waals surface area contributed by atoms with Gasteiger partial charge in [0.25, 0.3) is 0 Å². The van der Waals surface area contributed by atoms with Crippen molar-refractivity contribution in [2.75, 3.05) is 6.61 Å². The zero-order valence-electron chi connectivity index (χ0n) is 10.8. The maximum atomic E-state index is 11.0. The fourth-order valence-electron chi connectivity index (χ4n) is 1.65. The number of esters is 3. The summed E-state index contributed by atoms with van der Waals surface area (Å²) in [6.07, 6.45) is -4.82. The summed E-state index contributed by atoms with van der Waals surface area (Å²) in [5.41, 5.74) is 0. The minimum atomic E-state index is -1.34. The molecule has 1 heterocycles. The molecule has 0 aromatic carbocycles. The van der Waals surface area contributed by atoms with E-state index in [1.54, 1.807) is 0 Å². The molecule has 4 atom stereocenters. The summed E-state index contributed by atoms with van der Waals surface area (Å²) in [7, 11) is 0. The fraction of sp³-hybridized carbons (Fsp3) is 0.727. The average molecular weight is 276 g/mol. The van der Waals surface area contributed by atoms with E-state index in [9.17, 15) is 19.5 Å². The molecule has 0 spiro atoms. The summed E-state index contributed by atoms with van der Waals surface area (Å²) >= 11 is 0. The molecule has 0 amide bonds. The number of hydrogen-bond donors (Lipinski definition) is 1. The smallest absolute Gasteiger partial charge is 0.305 e. The van der Waals surface area contributed by atoms with Crippen LogP contribution in [0.2, 0.25) is 0 Å². The number of hydrogen-bond acceptors (Lipinski definition) is 8. The Morgan fingerprint density at radius 3 is 2.00 bits per heavy atom. The van der Waals surface area contributed by atoms with E-state index in [0.717, 1.165) is 13.8 Å². The van der Waals surface area contributed by atoms with Crippen LogP contribution in [0.25, 0.3) is 0 Å². The third kappa shape index (κ3) is 4.49. The lowest BCUT2D eigenvalue weighted by atomic mass is 10.0. The van der Waals surface area contributed by atoms with Crippen LogP contribution >= 0.6 is 0 Å². The minimum absolute atomic E-state index is 0.170. The number of ether oxygens (including phenoxy) is 4. The van der Waals surface area contributed by atoms with E-state index >= 15 is 0 Å². The summed E-state index contributed by atoms with van der Waals surface area (Å²) in [5.74, 6) is -1.95. The Morgan fingerprint density at radius 2 is 1.53 bits per heavy atom. The molecule has 8 heteroatoms. The van der Waals surface area contributed by atoms with E-state index < -0.39 is 42.5 Å². The first-order chi connectivity index (χ1) is 8.81. The number of aliphatic hydroxyl groups excluding tert-OH is 1. The minimum Gasteiger partial charge on any atom is -0.457 e. The summed E-state index contributed by atoms with van der Waals surface area (Å²) in [6, 6.07) is 0. The Balaban J connectivity index is 2.79. The molecular weight excluding hydrogens is 260 g/mol. The molecule has 0 radical (unpaired) electrons. The quantitative estimate of drug-likeness (QED) is 0.523. The van der Waals surface area contributed by atoms with E-state index in [0.29, 0.717) is 0 Å². The molecule has 0 bridgehead atoms. The van der Waals surface area contributed by atoms with Gasteiger partial charge in [0, 0.05) is 20.8 Å². The van der Waals surface area contributed by atoms with E-state index in [-0.39, 0.29) is 6.61 Å². The second-order valence-corrected chi connectivity index (χ2v) is 4.02. The highest BCUT2D eigenvalue weighted by Crippen LogP contribution is 2.22. The molecule has 1 aliphatic heterocycles. The molecule has 1 saturated heterocycles. The van der Waals surface area contributed by atoms with Crippen molar-refractivity contribution in [1.82, 2.24) is 0 Å². The lowest BCUT2D eigenvalue weighted by Gasteiger charge is -2.37. The van der Waals surface area contributed by atoms with Crippen LogP contribution in [0.5, 0.6) is 0 Å². The molecule has 19 heavy (non-hydrogen) atoms. The zero-order valence-corrected chi connectivity index (χ0v) is 10.8. The van der Waals surface area contributed by atoms with Crippen LogP contribution in [0.1, 0.15) is 20.8 Å². The van der Waals surface area contributed by atoms with Gasteiger partial charge in [-0.2, -0.15) is 0 Å². The van der Waals surface area contributed by atoms with Crippen molar-refractivity contribution in [3.05, 3.63) is 0 Å². The number of carbonyl (C=O) groups excluding carboxylic acids is 3. The predicted molar refractivity (Wildman–Crippen MR) is 58.6 cm³/mol. The van der Waals surface area contributed by atoms with Crippen molar-refractivity contribution < 1.29 is 38.4 Å². The van der Waals surface area contributed by atoms with Gasteiger partial charge < -0.3 is 24.1 Å². The molecule has 1 fully saturated rings. The second-order valence-electron chi connectivity index (χ2n) is 4.02. The van der Waals surface area contributed by atoms with Crippen LogP contribution in [0.15, 0.2) is 0 Å². The van der Waals surface area contributed by atoms with Gasteiger partial charge in [-0.3, -0.25) is 14.4 Å². The maximum Gasteiger partial charge on any atom is 0.305 e. The lowest BCUT2D eigenvalue weighted by molar-refractivity contribution is -0.270. The van der Waals surface area contributed by atoms with Gasteiger partial charge in [0.2, 0.25) is 6.29 Å². The van der Waals surface area contributed by atoms with Gasteiger partial charge in [0.05, 0.1) is 6.61 Å². The van der Waals surface area contributed by atoms with Gasteiger partial charge in [0.1, 0.15) is 6.10 Å². The van der Waals surface area contributed by atoms with Crippen LogP contribution in [0, 0.1) is 0 Å². The third-order valence-corrected chi connectivity index (χ3v) is 2.31. The van der Waals surface area contributed by atoms with Crippen molar-refractivity contribution in [3.8, 4) is 0 Å². The van der Waals surface area contributed by atoms with Gasteiger partial charge in [-0.1, -0.05) is 0 Å². The highest BCUT2D eigenvalue weighted by molar-refractivity contribution is 5.67. The largest absolute Gasteiger partial charge is 0.457 e. The molecular formula is C11H16O8. The van der Waals surface area contributed by atoms with Crippen LogP contribution in [0.3, 0.4) is 0 Å². The number of carbonyl (C=O) groups is 3. The molecule has 0 aromatic heterocycles. The highest BCUT2D eigenvalue weighted by atomic mass is 16.7. The Bertz CT molecular complexity index is 366. The second kappa shape index (κ2) is 6.48. The standard InChI is InChI=1S/C11H16O8/c1-5(12)17-8-4-16-11(19-7(3)14)10(9(8)15)18-6(2)13/h8-11,15H,4H2,1-3H3. The van der Waals surface area contributed by atoms with Crippen molar-refractivity contribution in [2.45, 2.75) is 45.4 Å². The van der Waals surface area contributed by atoms with Gasteiger partial charge in [-0.15, -0.1) is 0 Å². The molecule has 8 nitrogen and oxygen atoms in total. The normalized spacial score (nSPS) is 30.3. The highest BCUT2D eigenvalue weighted by Gasteiger charge is 2.45. The van der Waals surface area contributed by atoms with Crippen molar-refractivity contribution in [1.29, 1.82) is 0 Å². The molecule has 0 aromatic rings. The van der Waals surface area contributed by atoms with Gasteiger partial charge in [-0.05, 0) is 0 Å². The van der Waals surface area contributed by atoms with Crippen molar-refractivity contribution in [2.24, 2.45) is 0 Å². The monoisotopic (exact) mass is 276 g/mol. The third-order valence-electron chi connectivity index (χ3n) is 2.31. The van der Waals surface area contributed by atoms with E-state index in [1.165, 1.54) is 6.92 Å².